The average molecular weight is 275 g/mol. The van der Waals surface area contributed by atoms with Gasteiger partial charge in [0.1, 0.15) is 11.5 Å². The molecule has 0 aliphatic carbocycles. The number of aryl methyl sites for hydroxylation is 2. The van der Waals surface area contributed by atoms with Crippen LogP contribution in [0.3, 0.4) is 0 Å². The molecule has 20 heavy (non-hydrogen) atoms. The number of phenols is 1. The van der Waals surface area contributed by atoms with E-state index in [1.807, 2.05) is 26.0 Å². The van der Waals surface area contributed by atoms with E-state index in [0.29, 0.717) is 12.3 Å². The average Bonchev–Trinajstić information content (AvgIpc) is 2.76. The van der Waals surface area contributed by atoms with Crippen LogP contribution in [0.2, 0.25) is 0 Å². The highest BCUT2D eigenvalue weighted by molar-refractivity contribution is 5.41. The second-order valence-corrected chi connectivity index (χ2v) is 4.98. The molecule has 0 aliphatic heterocycles. The van der Waals surface area contributed by atoms with Gasteiger partial charge in [-0.15, -0.1) is 0 Å². The molecule has 0 bridgehead atoms. The van der Waals surface area contributed by atoms with Gasteiger partial charge in [0.25, 0.3) is 0 Å². The van der Waals surface area contributed by atoms with Gasteiger partial charge in [-0.05, 0) is 44.5 Å². The molecular weight excluding hydrogens is 254 g/mol. The van der Waals surface area contributed by atoms with Gasteiger partial charge in [0.2, 0.25) is 0 Å². The van der Waals surface area contributed by atoms with Crippen LogP contribution in [0.1, 0.15) is 35.6 Å². The highest BCUT2D eigenvalue weighted by Crippen LogP contribution is 2.27. The minimum atomic E-state index is 0.158. The van der Waals surface area contributed by atoms with Crippen molar-refractivity contribution >= 4 is 0 Å². The molecule has 1 atom stereocenters. The highest BCUT2D eigenvalue weighted by Gasteiger charge is 2.12. The van der Waals surface area contributed by atoms with Gasteiger partial charge < -0.3 is 19.6 Å². The number of nitrogens with one attached hydrogen (secondary N) is 1. The Labute approximate surface area is 119 Å². The Morgan fingerprint density at radius 2 is 2.05 bits per heavy atom. The minimum Gasteiger partial charge on any atom is -0.504 e. The summed E-state index contributed by atoms with van der Waals surface area (Å²) in [6, 6.07) is 7.62. The molecule has 0 radical (unpaired) electrons. The van der Waals surface area contributed by atoms with Crippen LogP contribution < -0.4 is 10.1 Å². The number of phenolic OH excluding ortho intramolecular Hbond substituents is 1. The van der Waals surface area contributed by atoms with E-state index >= 15 is 0 Å². The van der Waals surface area contributed by atoms with E-state index in [0.717, 1.165) is 17.1 Å². The van der Waals surface area contributed by atoms with Crippen LogP contribution in [-0.4, -0.2) is 12.2 Å². The lowest BCUT2D eigenvalue weighted by Gasteiger charge is -2.14. The van der Waals surface area contributed by atoms with Gasteiger partial charge in [0, 0.05) is 18.2 Å². The lowest BCUT2D eigenvalue weighted by Crippen LogP contribution is -2.18. The third kappa shape index (κ3) is 3.14. The molecule has 2 aromatic rings. The lowest BCUT2D eigenvalue weighted by atomic mass is 10.1. The van der Waals surface area contributed by atoms with Crippen molar-refractivity contribution in [1.29, 1.82) is 0 Å². The predicted molar refractivity (Wildman–Crippen MR) is 78.1 cm³/mol. The molecule has 2 N–H and O–H groups in total. The molecule has 0 amide bonds. The molecule has 2 rings (SSSR count). The first-order valence-electron chi connectivity index (χ1n) is 6.67. The predicted octanol–water partition coefficient (Wildman–Crippen LogP) is 3.46. The van der Waals surface area contributed by atoms with Crippen molar-refractivity contribution in [2.24, 2.45) is 0 Å². The molecule has 0 saturated heterocycles. The highest BCUT2D eigenvalue weighted by atomic mass is 16.5. The van der Waals surface area contributed by atoms with E-state index in [9.17, 15) is 5.11 Å². The first-order chi connectivity index (χ1) is 9.51. The standard InChI is InChI=1S/C16H21NO3/c1-10-7-14(12(3)20-10)11(2)17-9-13-5-6-15(18)16(8-13)19-4/h5-8,11,17-18H,9H2,1-4H3. The van der Waals surface area contributed by atoms with Crippen LogP contribution in [0.4, 0.5) is 0 Å². The monoisotopic (exact) mass is 275 g/mol. The number of aromatic hydroxyl groups is 1. The molecular formula is C16H21NO3. The molecule has 1 unspecified atom stereocenters. The summed E-state index contributed by atoms with van der Waals surface area (Å²) in [4.78, 5) is 0. The van der Waals surface area contributed by atoms with Crippen LogP contribution in [0.15, 0.2) is 28.7 Å². The van der Waals surface area contributed by atoms with Crippen LogP contribution >= 0.6 is 0 Å². The smallest absolute Gasteiger partial charge is 0.160 e. The number of benzene rings is 1. The molecule has 0 fully saturated rings. The fourth-order valence-corrected chi connectivity index (χ4v) is 2.29. The van der Waals surface area contributed by atoms with Crippen molar-refractivity contribution in [3.8, 4) is 11.5 Å². The maximum atomic E-state index is 9.57. The Morgan fingerprint density at radius 1 is 1.30 bits per heavy atom. The van der Waals surface area contributed by atoms with E-state index in [1.54, 1.807) is 13.2 Å². The number of furan rings is 1. The summed E-state index contributed by atoms with van der Waals surface area (Å²) >= 11 is 0. The van der Waals surface area contributed by atoms with Crippen LogP contribution in [0.5, 0.6) is 11.5 Å². The zero-order valence-corrected chi connectivity index (χ0v) is 12.4. The van der Waals surface area contributed by atoms with Crippen molar-refractivity contribution in [2.75, 3.05) is 7.11 Å². The summed E-state index contributed by atoms with van der Waals surface area (Å²) in [7, 11) is 1.55. The first-order valence-corrected chi connectivity index (χ1v) is 6.67. The number of ether oxygens (including phenoxy) is 1. The Balaban J connectivity index is 2.03. The fourth-order valence-electron chi connectivity index (χ4n) is 2.29. The maximum absolute atomic E-state index is 9.57. The first kappa shape index (κ1) is 14.5. The van der Waals surface area contributed by atoms with Crippen molar-refractivity contribution in [3.05, 3.63) is 46.9 Å². The summed E-state index contributed by atoms with van der Waals surface area (Å²) in [5, 5.41) is 13.0. The van der Waals surface area contributed by atoms with E-state index < -0.39 is 0 Å². The second kappa shape index (κ2) is 6.01. The number of rotatable bonds is 5. The summed E-state index contributed by atoms with van der Waals surface area (Å²) in [6.45, 7) is 6.73. The van der Waals surface area contributed by atoms with Crippen molar-refractivity contribution in [1.82, 2.24) is 5.32 Å². The summed E-state index contributed by atoms with van der Waals surface area (Å²) in [5.74, 6) is 2.53. The molecule has 1 heterocycles. The third-order valence-corrected chi connectivity index (χ3v) is 3.40. The van der Waals surface area contributed by atoms with Gasteiger partial charge in [0.15, 0.2) is 11.5 Å². The van der Waals surface area contributed by atoms with E-state index in [2.05, 4.69) is 18.3 Å². The van der Waals surface area contributed by atoms with Crippen LogP contribution in [-0.2, 0) is 6.54 Å². The summed E-state index contributed by atoms with van der Waals surface area (Å²) in [5.41, 5.74) is 2.23. The van der Waals surface area contributed by atoms with Gasteiger partial charge in [-0.3, -0.25) is 0 Å². The van der Waals surface area contributed by atoms with Gasteiger partial charge in [0.05, 0.1) is 7.11 Å². The summed E-state index contributed by atoms with van der Waals surface area (Å²) in [6.07, 6.45) is 0. The number of methoxy groups -OCH3 is 1. The number of hydrogen-bond acceptors (Lipinski definition) is 4. The Bertz CT molecular complexity index is 589. The van der Waals surface area contributed by atoms with Gasteiger partial charge in [-0.25, -0.2) is 0 Å². The van der Waals surface area contributed by atoms with Gasteiger partial charge in [-0.1, -0.05) is 6.07 Å². The molecule has 1 aromatic heterocycles. The quantitative estimate of drug-likeness (QED) is 0.877. The van der Waals surface area contributed by atoms with Crippen molar-refractivity contribution in [3.63, 3.8) is 0 Å². The fraction of sp³-hybridized carbons (Fsp3) is 0.375. The lowest BCUT2D eigenvalue weighted by molar-refractivity contribution is 0.372. The second-order valence-electron chi connectivity index (χ2n) is 4.98. The minimum absolute atomic E-state index is 0.158. The normalized spacial score (nSPS) is 12.4. The maximum Gasteiger partial charge on any atom is 0.160 e. The zero-order valence-electron chi connectivity index (χ0n) is 12.4. The van der Waals surface area contributed by atoms with Gasteiger partial charge in [-0.2, -0.15) is 0 Å². The van der Waals surface area contributed by atoms with E-state index in [4.69, 9.17) is 9.15 Å². The van der Waals surface area contributed by atoms with Crippen LogP contribution in [0.25, 0.3) is 0 Å². The molecule has 108 valence electrons. The summed E-state index contributed by atoms with van der Waals surface area (Å²) < 4.78 is 10.7. The Kier molecular flexibility index (Phi) is 4.35. The van der Waals surface area contributed by atoms with Crippen molar-refractivity contribution < 1.29 is 14.3 Å². The molecule has 4 nitrogen and oxygen atoms in total. The topological polar surface area (TPSA) is 54.6 Å². The van der Waals surface area contributed by atoms with E-state index in [1.165, 1.54) is 5.56 Å². The number of hydrogen-bond donors (Lipinski definition) is 2. The SMILES string of the molecule is COc1cc(CNC(C)c2cc(C)oc2C)ccc1O. The van der Waals surface area contributed by atoms with E-state index in [-0.39, 0.29) is 11.8 Å². The molecule has 0 aliphatic rings. The van der Waals surface area contributed by atoms with Crippen LogP contribution in [0, 0.1) is 13.8 Å². The molecule has 1 aromatic carbocycles. The Morgan fingerprint density at radius 3 is 2.65 bits per heavy atom. The molecule has 0 saturated carbocycles. The Hall–Kier alpha value is -1.94. The molecule has 0 spiro atoms. The third-order valence-electron chi connectivity index (χ3n) is 3.40. The zero-order chi connectivity index (χ0) is 14.7. The largest absolute Gasteiger partial charge is 0.504 e. The molecule has 4 heteroatoms. The van der Waals surface area contributed by atoms with Crippen molar-refractivity contribution in [2.45, 2.75) is 33.4 Å². The van der Waals surface area contributed by atoms with Gasteiger partial charge >= 0.3 is 0 Å².